The Balaban J connectivity index is 2.05. The first kappa shape index (κ1) is 13.0. The van der Waals surface area contributed by atoms with Gasteiger partial charge in [0.05, 0.1) is 12.7 Å². The second-order valence-electron chi connectivity index (χ2n) is 4.03. The number of allylic oxidation sites excluding steroid dienone is 1. The molecule has 0 radical (unpaired) electrons. The molecular weight excluding hydrogens is 252 g/mol. The molecule has 1 unspecified atom stereocenters. The molecule has 0 aromatic heterocycles. The van der Waals surface area contributed by atoms with Gasteiger partial charge in [-0.15, -0.1) is 0 Å². The SMILES string of the molecule is CCOC(=O)/C=C1\CCC(c2ccccc2Cl)O1. The Kier molecular flexibility index (Phi) is 4.26. The molecule has 1 fully saturated rings. The monoisotopic (exact) mass is 266 g/mol. The molecule has 1 aromatic rings. The van der Waals surface area contributed by atoms with Crippen molar-refractivity contribution >= 4 is 17.6 Å². The summed E-state index contributed by atoms with van der Waals surface area (Å²) in [5.41, 5.74) is 0.964. The highest BCUT2D eigenvalue weighted by Gasteiger charge is 2.24. The molecule has 0 saturated carbocycles. The first-order valence-corrected chi connectivity index (χ1v) is 6.37. The summed E-state index contributed by atoms with van der Waals surface area (Å²) in [6.07, 6.45) is 2.91. The summed E-state index contributed by atoms with van der Waals surface area (Å²) in [4.78, 5) is 11.3. The fraction of sp³-hybridized carbons (Fsp3) is 0.357. The molecule has 1 aliphatic rings. The minimum absolute atomic E-state index is 0.0700. The molecule has 1 saturated heterocycles. The number of carbonyl (C=O) groups is 1. The molecule has 0 N–H and O–H groups in total. The first-order valence-electron chi connectivity index (χ1n) is 5.99. The Morgan fingerprint density at radius 1 is 1.56 bits per heavy atom. The number of hydrogen-bond donors (Lipinski definition) is 0. The molecule has 1 aliphatic heterocycles. The Morgan fingerprint density at radius 3 is 3.06 bits per heavy atom. The maximum Gasteiger partial charge on any atom is 0.334 e. The molecule has 96 valence electrons. The van der Waals surface area contributed by atoms with E-state index in [1.807, 2.05) is 24.3 Å². The lowest BCUT2D eigenvalue weighted by Gasteiger charge is -2.12. The lowest BCUT2D eigenvalue weighted by molar-refractivity contribution is -0.137. The van der Waals surface area contributed by atoms with Gasteiger partial charge in [-0.25, -0.2) is 4.79 Å². The van der Waals surface area contributed by atoms with E-state index in [9.17, 15) is 4.79 Å². The molecule has 0 spiro atoms. The Labute approximate surface area is 111 Å². The number of rotatable bonds is 3. The van der Waals surface area contributed by atoms with Crippen LogP contribution in [-0.2, 0) is 14.3 Å². The summed E-state index contributed by atoms with van der Waals surface area (Å²) in [5.74, 6) is 0.311. The predicted octanol–water partition coefficient (Wildman–Crippen LogP) is 3.64. The number of benzene rings is 1. The van der Waals surface area contributed by atoms with E-state index in [4.69, 9.17) is 21.1 Å². The van der Waals surface area contributed by atoms with Gasteiger partial charge in [0.2, 0.25) is 0 Å². The minimum atomic E-state index is -0.354. The van der Waals surface area contributed by atoms with Crippen LogP contribution in [-0.4, -0.2) is 12.6 Å². The molecule has 18 heavy (non-hydrogen) atoms. The van der Waals surface area contributed by atoms with Crippen LogP contribution in [0.1, 0.15) is 31.4 Å². The molecule has 1 aromatic carbocycles. The van der Waals surface area contributed by atoms with E-state index in [0.717, 1.165) is 18.4 Å². The molecule has 2 rings (SSSR count). The summed E-state index contributed by atoms with van der Waals surface area (Å²) in [7, 11) is 0. The second-order valence-corrected chi connectivity index (χ2v) is 4.44. The predicted molar refractivity (Wildman–Crippen MR) is 69.2 cm³/mol. The van der Waals surface area contributed by atoms with Gasteiger partial charge >= 0.3 is 5.97 Å². The van der Waals surface area contributed by atoms with Crippen molar-refractivity contribution in [2.75, 3.05) is 6.61 Å². The Bertz CT molecular complexity index is 468. The van der Waals surface area contributed by atoms with E-state index >= 15 is 0 Å². The van der Waals surface area contributed by atoms with Crippen LogP contribution in [0.15, 0.2) is 36.1 Å². The van der Waals surface area contributed by atoms with Crippen molar-refractivity contribution in [1.82, 2.24) is 0 Å². The smallest absolute Gasteiger partial charge is 0.334 e. The number of esters is 1. The van der Waals surface area contributed by atoms with E-state index in [-0.39, 0.29) is 12.1 Å². The second kappa shape index (κ2) is 5.91. The van der Waals surface area contributed by atoms with Gasteiger partial charge in [-0.3, -0.25) is 0 Å². The average Bonchev–Trinajstić information content (AvgIpc) is 2.78. The molecule has 1 heterocycles. The topological polar surface area (TPSA) is 35.5 Å². The molecule has 0 bridgehead atoms. The van der Waals surface area contributed by atoms with E-state index in [2.05, 4.69) is 0 Å². The summed E-state index contributed by atoms with van der Waals surface area (Å²) in [5, 5.41) is 0.694. The molecule has 3 nitrogen and oxygen atoms in total. The van der Waals surface area contributed by atoms with Gasteiger partial charge in [0, 0.05) is 17.0 Å². The third-order valence-corrected chi connectivity index (χ3v) is 3.11. The fourth-order valence-electron chi connectivity index (χ4n) is 1.95. The normalized spacial score (nSPS) is 20.8. The standard InChI is InChI=1S/C14H15ClO3/c1-2-17-14(16)9-10-7-8-13(18-10)11-5-3-4-6-12(11)15/h3-6,9,13H,2,7-8H2,1H3/b10-9+. The third kappa shape index (κ3) is 3.05. The van der Waals surface area contributed by atoms with E-state index in [1.54, 1.807) is 6.92 Å². The average molecular weight is 267 g/mol. The van der Waals surface area contributed by atoms with Gasteiger partial charge in [-0.2, -0.15) is 0 Å². The van der Waals surface area contributed by atoms with Gasteiger partial charge in [0.25, 0.3) is 0 Å². The van der Waals surface area contributed by atoms with Gasteiger partial charge < -0.3 is 9.47 Å². The van der Waals surface area contributed by atoms with Gasteiger partial charge in [0.1, 0.15) is 11.9 Å². The molecule has 4 heteroatoms. The van der Waals surface area contributed by atoms with Crippen LogP contribution in [0.4, 0.5) is 0 Å². The van der Waals surface area contributed by atoms with E-state index < -0.39 is 0 Å². The lowest BCUT2D eigenvalue weighted by Crippen LogP contribution is -2.01. The Morgan fingerprint density at radius 2 is 2.33 bits per heavy atom. The zero-order valence-corrected chi connectivity index (χ0v) is 10.9. The van der Waals surface area contributed by atoms with Crippen LogP contribution in [0.5, 0.6) is 0 Å². The highest BCUT2D eigenvalue weighted by atomic mass is 35.5. The zero-order valence-electron chi connectivity index (χ0n) is 10.2. The van der Waals surface area contributed by atoms with Crippen molar-refractivity contribution in [3.63, 3.8) is 0 Å². The van der Waals surface area contributed by atoms with Crippen molar-refractivity contribution in [1.29, 1.82) is 0 Å². The maximum atomic E-state index is 11.3. The highest BCUT2D eigenvalue weighted by Crippen LogP contribution is 2.37. The number of carbonyl (C=O) groups excluding carboxylic acids is 1. The van der Waals surface area contributed by atoms with Crippen LogP contribution in [0, 0.1) is 0 Å². The van der Waals surface area contributed by atoms with Crippen LogP contribution in [0.25, 0.3) is 0 Å². The van der Waals surface area contributed by atoms with Crippen molar-refractivity contribution < 1.29 is 14.3 Å². The van der Waals surface area contributed by atoms with E-state index in [0.29, 0.717) is 17.4 Å². The van der Waals surface area contributed by atoms with Crippen molar-refractivity contribution in [3.05, 3.63) is 46.7 Å². The largest absolute Gasteiger partial charge is 0.490 e. The van der Waals surface area contributed by atoms with Gasteiger partial charge in [-0.1, -0.05) is 29.8 Å². The van der Waals surface area contributed by atoms with Crippen molar-refractivity contribution in [3.8, 4) is 0 Å². The van der Waals surface area contributed by atoms with Gasteiger partial charge in [-0.05, 0) is 19.4 Å². The first-order chi connectivity index (χ1) is 8.70. The molecular formula is C14H15ClO3. The minimum Gasteiger partial charge on any atom is -0.490 e. The number of ether oxygens (including phenoxy) is 2. The molecule has 0 amide bonds. The quantitative estimate of drug-likeness (QED) is 0.619. The highest BCUT2D eigenvalue weighted by molar-refractivity contribution is 6.31. The fourth-order valence-corrected chi connectivity index (χ4v) is 2.21. The summed E-state index contributed by atoms with van der Waals surface area (Å²) in [6.45, 7) is 2.15. The number of halogens is 1. The van der Waals surface area contributed by atoms with E-state index in [1.165, 1.54) is 6.08 Å². The van der Waals surface area contributed by atoms with Crippen LogP contribution >= 0.6 is 11.6 Å². The number of hydrogen-bond acceptors (Lipinski definition) is 3. The van der Waals surface area contributed by atoms with Crippen LogP contribution < -0.4 is 0 Å². The van der Waals surface area contributed by atoms with Crippen molar-refractivity contribution in [2.24, 2.45) is 0 Å². The summed E-state index contributed by atoms with van der Waals surface area (Å²) < 4.78 is 10.6. The van der Waals surface area contributed by atoms with Crippen molar-refractivity contribution in [2.45, 2.75) is 25.9 Å². The van der Waals surface area contributed by atoms with Crippen LogP contribution in [0.2, 0.25) is 5.02 Å². The molecule has 0 aliphatic carbocycles. The van der Waals surface area contributed by atoms with Gasteiger partial charge in [0.15, 0.2) is 0 Å². The Hall–Kier alpha value is -1.48. The summed E-state index contributed by atoms with van der Waals surface area (Å²) in [6, 6.07) is 7.60. The van der Waals surface area contributed by atoms with Crippen LogP contribution in [0.3, 0.4) is 0 Å². The lowest BCUT2D eigenvalue weighted by atomic mass is 10.1. The zero-order chi connectivity index (χ0) is 13.0. The molecule has 1 atom stereocenters. The maximum absolute atomic E-state index is 11.3. The third-order valence-electron chi connectivity index (χ3n) is 2.76. The summed E-state index contributed by atoms with van der Waals surface area (Å²) >= 11 is 6.12.